The highest BCUT2D eigenvalue weighted by Crippen LogP contribution is 2.11. The molecule has 98 valence electrons. The molecule has 0 saturated heterocycles. The highest BCUT2D eigenvalue weighted by molar-refractivity contribution is 6.05. The molecule has 0 aliphatic heterocycles. The van der Waals surface area contributed by atoms with Crippen LogP contribution in [0.5, 0.6) is 0 Å². The van der Waals surface area contributed by atoms with Gasteiger partial charge in [-0.25, -0.2) is 15.2 Å². The van der Waals surface area contributed by atoms with Gasteiger partial charge in [0.25, 0.3) is 0 Å². The fourth-order valence-corrected chi connectivity index (χ4v) is 1.40. The van der Waals surface area contributed by atoms with Crippen LogP contribution in [0.25, 0.3) is 0 Å². The number of nitrogens with one attached hydrogen (secondary N) is 1. The van der Waals surface area contributed by atoms with Gasteiger partial charge in [0, 0.05) is 0 Å². The number of benzene rings is 1. The van der Waals surface area contributed by atoms with E-state index in [1.54, 1.807) is 24.3 Å². The summed E-state index contributed by atoms with van der Waals surface area (Å²) in [5.41, 5.74) is 2.75. The Hall–Kier alpha value is -1.88. The number of carbonyl (C=O) groups is 2. The first-order chi connectivity index (χ1) is 8.79. The van der Waals surface area contributed by atoms with Gasteiger partial charge in [0.2, 0.25) is 6.41 Å². The average molecular weight is 250 g/mol. The lowest BCUT2D eigenvalue weighted by Crippen LogP contribution is -2.39. The first-order valence-electron chi connectivity index (χ1n) is 6.01. The Balaban J connectivity index is 2.41. The molecular formula is C13H18N2O3. The number of unbranched alkanes of at least 4 members (excludes halogenated alkanes) is 2. The van der Waals surface area contributed by atoms with E-state index < -0.39 is 6.03 Å². The number of urea groups is 1. The summed E-state index contributed by atoms with van der Waals surface area (Å²) in [5, 5.41) is 0. The molecule has 0 aromatic heterocycles. The van der Waals surface area contributed by atoms with Gasteiger partial charge in [-0.15, -0.1) is 0 Å². The summed E-state index contributed by atoms with van der Waals surface area (Å²) >= 11 is 0. The number of imide groups is 1. The van der Waals surface area contributed by atoms with Crippen molar-refractivity contribution < 1.29 is 14.4 Å². The molecule has 0 aliphatic rings. The molecule has 0 heterocycles. The van der Waals surface area contributed by atoms with Crippen LogP contribution >= 0.6 is 0 Å². The van der Waals surface area contributed by atoms with Crippen molar-refractivity contribution in [3.05, 3.63) is 30.3 Å². The van der Waals surface area contributed by atoms with Crippen LogP contribution in [-0.2, 0) is 9.63 Å². The SMILES string of the molecule is CCCCCONC(=O)N(C=O)c1ccccc1. The van der Waals surface area contributed by atoms with Crippen LogP contribution in [0.15, 0.2) is 30.3 Å². The number of para-hydroxylation sites is 1. The molecule has 5 nitrogen and oxygen atoms in total. The number of hydrogen-bond acceptors (Lipinski definition) is 3. The van der Waals surface area contributed by atoms with E-state index in [0.29, 0.717) is 18.7 Å². The molecule has 0 radical (unpaired) electrons. The zero-order valence-corrected chi connectivity index (χ0v) is 10.5. The van der Waals surface area contributed by atoms with Gasteiger partial charge in [-0.1, -0.05) is 38.0 Å². The van der Waals surface area contributed by atoms with Crippen molar-refractivity contribution in [2.45, 2.75) is 26.2 Å². The maximum atomic E-state index is 11.7. The number of hydroxylamine groups is 1. The van der Waals surface area contributed by atoms with Crippen LogP contribution in [0.1, 0.15) is 26.2 Å². The molecule has 0 unspecified atom stereocenters. The molecule has 5 heteroatoms. The van der Waals surface area contributed by atoms with E-state index in [1.165, 1.54) is 0 Å². The van der Waals surface area contributed by atoms with Crippen LogP contribution in [0.3, 0.4) is 0 Å². The minimum absolute atomic E-state index is 0.446. The summed E-state index contributed by atoms with van der Waals surface area (Å²) in [4.78, 5) is 28.5. The van der Waals surface area contributed by atoms with E-state index >= 15 is 0 Å². The molecule has 0 fully saturated rings. The third-order valence-electron chi connectivity index (χ3n) is 2.37. The maximum absolute atomic E-state index is 11.7. The summed E-state index contributed by atoms with van der Waals surface area (Å²) in [7, 11) is 0. The van der Waals surface area contributed by atoms with Crippen LogP contribution in [0.4, 0.5) is 10.5 Å². The topological polar surface area (TPSA) is 58.6 Å². The van der Waals surface area contributed by atoms with E-state index in [4.69, 9.17) is 4.84 Å². The minimum atomic E-state index is -0.590. The highest BCUT2D eigenvalue weighted by Gasteiger charge is 2.14. The molecule has 1 N–H and O–H groups in total. The fraction of sp³-hybridized carbons (Fsp3) is 0.385. The fourth-order valence-electron chi connectivity index (χ4n) is 1.40. The molecule has 1 aromatic carbocycles. The maximum Gasteiger partial charge on any atom is 0.352 e. The van der Waals surface area contributed by atoms with E-state index in [2.05, 4.69) is 12.4 Å². The summed E-state index contributed by atoms with van der Waals surface area (Å²) in [6, 6.07) is 8.07. The molecule has 0 atom stereocenters. The molecule has 0 spiro atoms. The molecule has 1 aromatic rings. The summed E-state index contributed by atoms with van der Waals surface area (Å²) in [6.07, 6.45) is 3.47. The standard InChI is InChI=1S/C13H18N2O3/c1-2-3-7-10-18-14-13(17)15(11-16)12-8-5-4-6-9-12/h4-6,8-9,11H,2-3,7,10H2,1H3,(H,14,17). The van der Waals surface area contributed by atoms with Gasteiger partial charge >= 0.3 is 6.03 Å². The van der Waals surface area contributed by atoms with Gasteiger partial charge in [-0.05, 0) is 18.6 Å². The second-order valence-electron chi connectivity index (χ2n) is 3.77. The van der Waals surface area contributed by atoms with Crippen molar-refractivity contribution in [2.24, 2.45) is 0 Å². The molecule has 0 bridgehead atoms. The van der Waals surface area contributed by atoms with E-state index in [9.17, 15) is 9.59 Å². The first kappa shape index (κ1) is 14.2. The number of hydrogen-bond donors (Lipinski definition) is 1. The van der Waals surface area contributed by atoms with Gasteiger partial charge in [-0.3, -0.25) is 9.63 Å². The third kappa shape index (κ3) is 4.55. The Kier molecular flexibility index (Phi) is 6.50. The zero-order valence-electron chi connectivity index (χ0n) is 10.5. The lowest BCUT2D eigenvalue weighted by molar-refractivity contribution is -0.107. The van der Waals surface area contributed by atoms with Gasteiger partial charge in [-0.2, -0.15) is 0 Å². The first-order valence-corrected chi connectivity index (χ1v) is 6.01. The van der Waals surface area contributed by atoms with Crippen LogP contribution in [0.2, 0.25) is 0 Å². The van der Waals surface area contributed by atoms with Crippen LogP contribution < -0.4 is 10.4 Å². The van der Waals surface area contributed by atoms with Gasteiger partial charge in [0.1, 0.15) is 0 Å². The lowest BCUT2D eigenvalue weighted by Gasteiger charge is -2.15. The number of amides is 3. The Morgan fingerprint density at radius 1 is 1.33 bits per heavy atom. The Bertz CT molecular complexity index is 368. The second-order valence-corrected chi connectivity index (χ2v) is 3.77. The average Bonchev–Trinajstić information content (AvgIpc) is 2.40. The molecule has 0 saturated carbocycles. The van der Waals surface area contributed by atoms with E-state index in [1.807, 2.05) is 6.07 Å². The monoisotopic (exact) mass is 250 g/mol. The van der Waals surface area contributed by atoms with Crippen molar-refractivity contribution >= 4 is 18.1 Å². The van der Waals surface area contributed by atoms with Gasteiger partial charge < -0.3 is 0 Å². The number of nitrogens with zero attached hydrogens (tertiary/aromatic N) is 1. The third-order valence-corrected chi connectivity index (χ3v) is 2.37. The Morgan fingerprint density at radius 2 is 2.06 bits per heavy atom. The van der Waals surface area contributed by atoms with Crippen molar-refractivity contribution in [1.29, 1.82) is 0 Å². The summed E-state index contributed by atoms with van der Waals surface area (Å²) < 4.78 is 0. The number of rotatable bonds is 7. The van der Waals surface area contributed by atoms with Crippen molar-refractivity contribution in [1.82, 2.24) is 5.48 Å². The van der Waals surface area contributed by atoms with Crippen molar-refractivity contribution in [3.8, 4) is 0 Å². The summed E-state index contributed by atoms with van der Waals surface area (Å²) in [6.45, 7) is 2.53. The quantitative estimate of drug-likeness (QED) is 0.459. The number of carbonyl (C=O) groups excluding carboxylic acids is 2. The van der Waals surface area contributed by atoms with Gasteiger partial charge in [0.05, 0.1) is 12.3 Å². The predicted molar refractivity (Wildman–Crippen MR) is 69.0 cm³/mol. The zero-order chi connectivity index (χ0) is 13.2. The lowest BCUT2D eigenvalue weighted by atomic mass is 10.3. The van der Waals surface area contributed by atoms with Crippen LogP contribution in [0, 0.1) is 0 Å². The molecule has 1 rings (SSSR count). The Labute approximate surface area is 107 Å². The van der Waals surface area contributed by atoms with E-state index in [0.717, 1.165) is 24.2 Å². The number of anilines is 1. The summed E-state index contributed by atoms with van der Waals surface area (Å²) in [5.74, 6) is 0. The largest absolute Gasteiger partial charge is 0.352 e. The highest BCUT2D eigenvalue weighted by atomic mass is 16.7. The van der Waals surface area contributed by atoms with E-state index in [-0.39, 0.29) is 0 Å². The second kappa shape index (κ2) is 8.25. The Morgan fingerprint density at radius 3 is 2.67 bits per heavy atom. The van der Waals surface area contributed by atoms with Crippen molar-refractivity contribution in [2.75, 3.05) is 11.5 Å². The smallest absolute Gasteiger partial charge is 0.278 e. The van der Waals surface area contributed by atoms with Gasteiger partial charge in [0.15, 0.2) is 0 Å². The molecule has 0 aliphatic carbocycles. The minimum Gasteiger partial charge on any atom is -0.278 e. The molecule has 3 amide bonds. The van der Waals surface area contributed by atoms with Crippen molar-refractivity contribution in [3.63, 3.8) is 0 Å². The van der Waals surface area contributed by atoms with Crippen LogP contribution in [-0.4, -0.2) is 19.0 Å². The normalized spacial score (nSPS) is 9.83. The molecular weight excluding hydrogens is 232 g/mol. The predicted octanol–water partition coefficient (Wildman–Crippen LogP) is 2.48. The molecule has 18 heavy (non-hydrogen) atoms.